The quantitative estimate of drug-likeness (QED) is 0.169. The number of carbonyl (C=O) groups is 2. The lowest BCUT2D eigenvalue weighted by Crippen LogP contribution is -2.17. The summed E-state index contributed by atoms with van der Waals surface area (Å²) in [6.45, 7) is 4.34. The fourth-order valence-electron chi connectivity index (χ4n) is 4.71. The lowest BCUT2D eigenvalue weighted by atomic mass is 9.86. The average Bonchev–Trinajstić information content (AvgIpc) is 3.39. The number of allylic oxidation sites excluding steroid dienone is 1. The first kappa shape index (κ1) is 24.9. The molecule has 1 aliphatic carbocycles. The highest BCUT2D eigenvalue weighted by atomic mass is 16.6. The Morgan fingerprint density at radius 1 is 1.33 bits per heavy atom. The van der Waals surface area contributed by atoms with E-state index in [-0.39, 0.29) is 31.2 Å². The molecule has 0 saturated heterocycles. The van der Waals surface area contributed by atoms with Crippen LogP contribution < -0.4 is 4.74 Å². The number of aliphatic hydroxyl groups excluding tert-OH is 1. The summed E-state index contributed by atoms with van der Waals surface area (Å²) in [4.78, 5) is 21.9. The third kappa shape index (κ3) is 6.61. The maximum Gasteiger partial charge on any atom is 0.305 e. The predicted octanol–water partition coefficient (Wildman–Crippen LogP) is 3.95. The van der Waals surface area contributed by atoms with E-state index >= 15 is 0 Å². The molecule has 1 heterocycles. The first-order valence-corrected chi connectivity index (χ1v) is 11.8. The molecule has 6 nitrogen and oxygen atoms in total. The monoisotopic (exact) mass is 454 g/mol. The van der Waals surface area contributed by atoms with Crippen LogP contribution in [0.4, 0.5) is 0 Å². The largest absolute Gasteiger partial charge is 0.489 e. The van der Waals surface area contributed by atoms with Gasteiger partial charge in [-0.1, -0.05) is 37.3 Å². The highest BCUT2D eigenvalue weighted by Gasteiger charge is 2.44. The second-order valence-corrected chi connectivity index (χ2v) is 8.78. The summed E-state index contributed by atoms with van der Waals surface area (Å²) < 4.78 is 15.9. The van der Waals surface area contributed by atoms with E-state index < -0.39 is 6.10 Å². The number of para-hydroxylation sites is 1. The van der Waals surface area contributed by atoms with Crippen LogP contribution in [0.5, 0.6) is 5.75 Å². The van der Waals surface area contributed by atoms with E-state index in [0.717, 1.165) is 30.6 Å². The highest BCUT2D eigenvalue weighted by molar-refractivity contribution is 5.69. The summed E-state index contributed by atoms with van der Waals surface area (Å²) in [6.07, 6.45) is 8.20. The molecule has 0 aromatic heterocycles. The van der Waals surface area contributed by atoms with Gasteiger partial charge in [-0.25, -0.2) is 0 Å². The summed E-state index contributed by atoms with van der Waals surface area (Å²) in [6, 6.07) is 6.27. The topological polar surface area (TPSA) is 82.1 Å². The van der Waals surface area contributed by atoms with Gasteiger partial charge in [0.15, 0.2) is 0 Å². The lowest BCUT2D eigenvalue weighted by molar-refractivity contribution is -0.147. The molecule has 3 rings (SSSR count). The number of hydrogen-bond acceptors (Lipinski definition) is 6. The number of carbonyl (C=O) groups excluding carboxylic acids is 2. The molecule has 6 heteroatoms. The summed E-state index contributed by atoms with van der Waals surface area (Å²) in [5.74, 6) is 7.35. The number of rotatable bonds is 12. The van der Waals surface area contributed by atoms with Crippen molar-refractivity contribution in [3.63, 3.8) is 0 Å². The van der Waals surface area contributed by atoms with Crippen molar-refractivity contribution in [3.8, 4) is 17.6 Å². The molecule has 1 N–H and O–H groups in total. The lowest BCUT2D eigenvalue weighted by Gasteiger charge is -2.17. The van der Waals surface area contributed by atoms with Crippen LogP contribution in [0.15, 0.2) is 30.4 Å². The number of ether oxygens (including phenoxy) is 3. The molecule has 33 heavy (non-hydrogen) atoms. The molecule has 5 atom stereocenters. The van der Waals surface area contributed by atoms with E-state index in [0.29, 0.717) is 37.6 Å². The molecular weight excluding hydrogens is 420 g/mol. The number of hydrogen-bond donors (Lipinski definition) is 1. The van der Waals surface area contributed by atoms with Crippen molar-refractivity contribution in [2.75, 3.05) is 13.2 Å². The van der Waals surface area contributed by atoms with Gasteiger partial charge >= 0.3 is 5.97 Å². The van der Waals surface area contributed by atoms with Gasteiger partial charge in [0.1, 0.15) is 25.1 Å². The predicted molar refractivity (Wildman–Crippen MR) is 125 cm³/mol. The minimum absolute atomic E-state index is 0.0798. The van der Waals surface area contributed by atoms with Crippen LogP contribution in [0.2, 0.25) is 0 Å². The SMILES string of the molecule is CC#CCC(C)C(O)/C=C/C1CCC2Oc3c(CCCC(=O)OCCOC=O)cccc3C12. The van der Waals surface area contributed by atoms with Crippen molar-refractivity contribution in [1.29, 1.82) is 0 Å². The molecule has 1 saturated carbocycles. The van der Waals surface area contributed by atoms with Crippen molar-refractivity contribution in [2.45, 2.75) is 70.5 Å². The molecule has 1 aromatic carbocycles. The third-order valence-electron chi connectivity index (χ3n) is 6.50. The van der Waals surface area contributed by atoms with Crippen molar-refractivity contribution in [3.05, 3.63) is 41.5 Å². The molecule has 0 amide bonds. The van der Waals surface area contributed by atoms with Gasteiger partial charge in [-0.2, -0.15) is 0 Å². The average molecular weight is 455 g/mol. The standard InChI is InChI=1S/C27H34O6/c1-3-4-7-19(2)23(29)14-12-20-13-15-24-26(20)22-10-5-8-21(27(22)33-24)9-6-11-25(30)32-17-16-31-18-28/h5,8,10,12,14,18-20,23-24,26,29H,6-7,9,11,13,15-17H2,1-2H3/b14-12+. The zero-order valence-corrected chi connectivity index (χ0v) is 19.5. The van der Waals surface area contributed by atoms with Crippen LogP contribution >= 0.6 is 0 Å². The normalized spacial score (nSPS) is 22.5. The van der Waals surface area contributed by atoms with Crippen molar-refractivity contribution >= 4 is 12.4 Å². The Balaban J connectivity index is 1.57. The summed E-state index contributed by atoms with van der Waals surface area (Å²) in [5.41, 5.74) is 2.35. The molecule has 5 unspecified atom stereocenters. The minimum atomic E-state index is -0.497. The van der Waals surface area contributed by atoms with E-state index in [9.17, 15) is 14.7 Å². The van der Waals surface area contributed by atoms with Gasteiger partial charge in [-0.05, 0) is 50.0 Å². The first-order valence-electron chi connectivity index (χ1n) is 11.8. The Bertz CT molecular complexity index is 896. The van der Waals surface area contributed by atoms with Gasteiger partial charge in [0.25, 0.3) is 6.47 Å². The number of aliphatic hydroxyl groups is 1. The van der Waals surface area contributed by atoms with Gasteiger partial charge in [0, 0.05) is 24.3 Å². The van der Waals surface area contributed by atoms with E-state index in [1.807, 2.05) is 19.9 Å². The zero-order chi connectivity index (χ0) is 23.6. The maximum atomic E-state index is 11.8. The summed E-state index contributed by atoms with van der Waals surface area (Å²) in [5, 5.41) is 10.5. The van der Waals surface area contributed by atoms with Crippen molar-refractivity contribution < 1.29 is 28.9 Å². The molecule has 0 bridgehead atoms. The summed E-state index contributed by atoms with van der Waals surface area (Å²) in [7, 11) is 0. The smallest absolute Gasteiger partial charge is 0.305 e. The number of aryl methyl sites for hydroxylation is 1. The van der Waals surface area contributed by atoms with Gasteiger partial charge in [-0.3, -0.25) is 9.59 Å². The molecule has 1 fully saturated rings. The Morgan fingerprint density at radius 3 is 2.97 bits per heavy atom. The number of benzene rings is 1. The Kier molecular flexibility index (Phi) is 9.38. The number of esters is 1. The van der Waals surface area contributed by atoms with Crippen LogP contribution in [0.3, 0.4) is 0 Å². The highest BCUT2D eigenvalue weighted by Crippen LogP contribution is 2.51. The van der Waals surface area contributed by atoms with Crippen LogP contribution in [0, 0.1) is 23.7 Å². The molecule has 1 aliphatic heterocycles. The molecule has 178 valence electrons. The molecule has 1 aromatic rings. The Labute approximate surface area is 196 Å². The second-order valence-electron chi connectivity index (χ2n) is 8.78. The van der Waals surface area contributed by atoms with E-state index in [1.165, 1.54) is 5.56 Å². The second kappa shape index (κ2) is 12.5. The van der Waals surface area contributed by atoms with Crippen molar-refractivity contribution in [2.24, 2.45) is 11.8 Å². The molecule has 0 radical (unpaired) electrons. The fraction of sp³-hybridized carbons (Fsp3) is 0.556. The Hall–Kier alpha value is -2.78. The third-order valence-corrected chi connectivity index (χ3v) is 6.50. The first-order chi connectivity index (χ1) is 16.0. The Morgan fingerprint density at radius 2 is 2.18 bits per heavy atom. The maximum absolute atomic E-state index is 11.8. The fourth-order valence-corrected chi connectivity index (χ4v) is 4.71. The van der Waals surface area contributed by atoms with Crippen LogP contribution in [0.1, 0.15) is 63.0 Å². The molecule has 2 aliphatic rings. The van der Waals surface area contributed by atoms with Gasteiger partial charge in [0.2, 0.25) is 0 Å². The van der Waals surface area contributed by atoms with Gasteiger partial charge in [0.05, 0.1) is 6.10 Å². The van der Waals surface area contributed by atoms with Gasteiger partial charge < -0.3 is 19.3 Å². The molecule has 0 spiro atoms. The van der Waals surface area contributed by atoms with Crippen molar-refractivity contribution in [1.82, 2.24) is 0 Å². The van der Waals surface area contributed by atoms with Crippen LogP contribution in [-0.2, 0) is 25.5 Å². The summed E-state index contributed by atoms with van der Waals surface area (Å²) >= 11 is 0. The van der Waals surface area contributed by atoms with Gasteiger partial charge in [-0.15, -0.1) is 11.8 Å². The zero-order valence-electron chi connectivity index (χ0n) is 19.5. The molecular formula is C27H34O6. The van der Waals surface area contributed by atoms with E-state index in [2.05, 4.69) is 40.9 Å². The van der Waals surface area contributed by atoms with E-state index in [1.54, 1.807) is 0 Å². The number of fused-ring (bicyclic) bond motifs is 3. The van der Waals surface area contributed by atoms with Crippen LogP contribution in [0.25, 0.3) is 0 Å². The van der Waals surface area contributed by atoms with E-state index in [4.69, 9.17) is 9.47 Å². The van der Waals surface area contributed by atoms with Crippen LogP contribution in [-0.4, -0.2) is 43.0 Å². The minimum Gasteiger partial charge on any atom is -0.489 e.